The van der Waals surface area contributed by atoms with Crippen molar-refractivity contribution in [2.75, 3.05) is 0 Å². The van der Waals surface area contributed by atoms with Crippen LogP contribution in [0.5, 0.6) is 0 Å². The summed E-state index contributed by atoms with van der Waals surface area (Å²) in [6.45, 7) is 2.31. The maximum atomic E-state index is 10.4. The van der Waals surface area contributed by atoms with Gasteiger partial charge in [-0.3, -0.25) is 0 Å². The van der Waals surface area contributed by atoms with Gasteiger partial charge in [0.25, 0.3) is 0 Å². The van der Waals surface area contributed by atoms with E-state index in [1.165, 1.54) is 283 Å². The van der Waals surface area contributed by atoms with Gasteiger partial charge in [-0.2, -0.15) is 0 Å². The molecule has 0 fully saturated rings. The fourth-order valence-corrected chi connectivity index (χ4v) is 8.12. The topological polar surface area (TPSA) is 40.1 Å². The third-order valence-electron chi connectivity index (χ3n) is 11.7. The largest absolute Gasteiger partial charge is 1.00 e. The van der Waals surface area contributed by atoms with Crippen LogP contribution in [0.2, 0.25) is 0 Å². The Morgan fingerprint density at radius 2 is 0.365 bits per heavy atom. The first-order valence-corrected chi connectivity index (χ1v) is 24.5. The van der Waals surface area contributed by atoms with Crippen molar-refractivity contribution in [3.05, 3.63) is 0 Å². The molecule has 0 spiro atoms. The normalized spacial score (nSPS) is 11.3. The van der Waals surface area contributed by atoms with Crippen LogP contribution in [0.25, 0.3) is 0 Å². The summed E-state index contributed by atoms with van der Waals surface area (Å²) in [5.41, 5.74) is 0. The number of aliphatic carboxylic acids is 1. The first kappa shape index (κ1) is 55.2. The summed E-state index contributed by atoms with van der Waals surface area (Å²) in [6, 6.07) is 0. The van der Waals surface area contributed by atoms with Gasteiger partial charge in [0.1, 0.15) is 0 Å². The van der Waals surface area contributed by atoms with E-state index < -0.39 is 5.97 Å². The van der Waals surface area contributed by atoms with Gasteiger partial charge >= 0.3 is 51.4 Å². The standard InChI is InChI=1S/C49H98O2.K/c1-2-3-4-5-6-7-8-9-10-11-12-13-14-15-16-17-18-19-20-21-22-23-24-25-26-27-28-29-30-31-32-33-34-35-36-37-38-39-40-41-42-43-44-45-46-47-48-49(50)51;/h2-48H2,1H3,(H,50,51);/q;+1/p-1. The second-order valence-electron chi connectivity index (χ2n) is 17.0. The molecular weight excluding hydrogens is 660 g/mol. The van der Waals surface area contributed by atoms with Crippen LogP contribution in [0, 0.1) is 0 Å². The van der Waals surface area contributed by atoms with Gasteiger partial charge in [-0.1, -0.05) is 296 Å². The molecule has 306 valence electrons. The molecule has 0 aliphatic carbocycles. The van der Waals surface area contributed by atoms with Crippen LogP contribution in [-0.2, 0) is 4.79 Å². The van der Waals surface area contributed by atoms with Crippen molar-refractivity contribution in [1.82, 2.24) is 0 Å². The van der Waals surface area contributed by atoms with Crippen molar-refractivity contribution in [2.45, 2.75) is 309 Å². The molecule has 0 rings (SSSR count). The number of hydrogen-bond acceptors (Lipinski definition) is 2. The van der Waals surface area contributed by atoms with Crippen LogP contribution >= 0.6 is 0 Å². The summed E-state index contributed by atoms with van der Waals surface area (Å²) in [5, 5.41) is 10.4. The van der Waals surface area contributed by atoms with E-state index in [0.717, 1.165) is 12.8 Å². The monoisotopic (exact) mass is 757 g/mol. The quantitative estimate of drug-likeness (QED) is 0.0458. The van der Waals surface area contributed by atoms with E-state index in [0.29, 0.717) is 0 Å². The fraction of sp³-hybridized carbons (Fsp3) is 0.980. The zero-order valence-corrected chi connectivity index (χ0v) is 39.7. The summed E-state index contributed by atoms with van der Waals surface area (Å²) >= 11 is 0. The predicted octanol–water partition coefficient (Wildman–Crippen LogP) is 14.1. The minimum atomic E-state index is -0.896. The van der Waals surface area contributed by atoms with Gasteiger partial charge in [0.2, 0.25) is 0 Å². The maximum Gasteiger partial charge on any atom is 1.00 e. The van der Waals surface area contributed by atoms with Crippen LogP contribution < -0.4 is 56.5 Å². The molecule has 0 amide bonds. The number of hydrogen-bond donors (Lipinski definition) is 0. The molecule has 52 heavy (non-hydrogen) atoms. The first-order chi connectivity index (χ1) is 25.3. The molecule has 0 radical (unpaired) electrons. The zero-order valence-electron chi connectivity index (χ0n) is 36.6. The SMILES string of the molecule is CCCCCCCCCCCCCCCCCCCCCCCCCCCCCCCCCCCCCCCCCCCCCCCCC(=O)[O-].[K+]. The molecule has 0 aliphatic rings. The molecule has 0 saturated carbocycles. The number of carbonyl (C=O) groups is 1. The summed E-state index contributed by atoms with van der Waals surface area (Å²) in [5.74, 6) is -0.896. The van der Waals surface area contributed by atoms with Gasteiger partial charge in [-0.05, 0) is 12.8 Å². The summed E-state index contributed by atoms with van der Waals surface area (Å²) in [6.07, 6.45) is 66.0. The van der Waals surface area contributed by atoms with E-state index in [9.17, 15) is 9.90 Å². The number of carbonyl (C=O) groups excluding carboxylic acids is 1. The Balaban J connectivity index is 0. The Morgan fingerprint density at radius 1 is 0.250 bits per heavy atom. The predicted molar refractivity (Wildman–Crippen MR) is 228 cm³/mol. The van der Waals surface area contributed by atoms with Gasteiger partial charge in [-0.15, -0.1) is 0 Å². The minimum absolute atomic E-state index is 0. The molecular formula is C49H97KO2. The molecule has 2 nitrogen and oxygen atoms in total. The van der Waals surface area contributed by atoms with Crippen molar-refractivity contribution in [1.29, 1.82) is 0 Å². The van der Waals surface area contributed by atoms with E-state index in [1.807, 2.05) is 0 Å². The Morgan fingerprint density at radius 3 is 0.481 bits per heavy atom. The van der Waals surface area contributed by atoms with Crippen LogP contribution in [0.3, 0.4) is 0 Å². The molecule has 0 aliphatic heterocycles. The molecule has 0 unspecified atom stereocenters. The summed E-state index contributed by atoms with van der Waals surface area (Å²) in [4.78, 5) is 10.4. The summed E-state index contributed by atoms with van der Waals surface area (Å²) < 4.78 is 0. The number of carboxylic acid groups (broad SMARTS) is 1. The van der Waals surface area contributed by atoms with Crippen LogP contribution in [0.15, 0.2) is 0 Å². The smallest absolute Gasteiger partial charge is 0.550 e. The van der Waals surface area contributed by atoms with Crippen molar-refractivity contribution in [3.63, 3.8) is 0 Å². The average Bonchev–Trinajstić information content (AvgIpc) is 3.13. The van der Waals surface area contributed by atoms with Crippen LogP contribution in [-0.4, -0.2) is 5.97 Å². The first-order valence-electron chi connectivity index (χ1n) is 24.5. The average molecular weight is 757 g/mol. The number of unbranched alkanes of at least 4 members (excludes halogenated alkanes) is 45. The van der Waals surface area contributed by atoms with Crippen LogP contribution in [0.4, 0.5) is 0 Å². The van der Waals surface area contributed by atoms with Gasteiger partial charge in [0.05, 0.1) is 0 Å². The fourth-order valence-electron chi connectivity index (χ4n) is 8.12. The maximum absolute atomic E-state index is 10.4. The van der Waals surface area contributed by atoms with Gasteiger partial charge in [0.15, 0.2) is 0 Å². The van der Waals surface area contributed by atoms with E-state index in [4.69, 9.17) is 0 Å². The summed E-state index contributed by atoms with van der Waals surface area (Å²) in [7, 11) is 0. The van der Waals surface area contributed by atoms with Crippen molar-refractivity contribution < 1.29 is 61.3 Å². The van der Waals surface area contributed by atoms with E-state index >= 15 is 0 Å². The van der Waals surface area contributed by atoms with Crippen molar-refractivity contribution in [2.24, 2.45) is 0 Å². The molecule has 0 bridgehead atoms. The van der Waals surface area contributed by atoms with Gasteiger partial charge in [-0.25, -0.2) is 0 Å². The number of carboxylic acids is 1. The Kier molecular flexibility index (Phi) is 55.3. The third kappa shape index (κ3) is 53.2. The minimum Gasteiger partial charge on any atom is -0.550 e. The van der Waals surface area contributed by atoms with Crippen molar-refractivity contribution in [3.8, 4) is 0 Å². The van der Waals surface area contributed by atoms with E-state index in [-0.39, 0.29) is 57.8 Å². The van der Waals surface area contributed by atoms with Gasteiger partial charge in [0, 0.05) is 5.97 Å². The molecule has 3 heteroatoms. The third-order valence-corrected chi connectivity index (χ3v) is 11.7. The molecule has 0 aromatic carbocycles. The Labute approximate surface area is 372 Å². The Bertz CT molecular complexity index is 622. The van der Waals surface area contributed by atoms with E-state index in [2.05, 4.69) is 6.92 Å². The van der Waals surface area contributed by atoms with E-state index in [1.54, 1.807) is 0 Å². The second-order valence-corrected chi connectivity index (χ2v) is 17.0. The molecule has 0 heterocycles. The molecule has 0 N–H and O–H groups in total. The molecule has 0 atom stereocenters. The zero-order chi connectivity index (χ0) is 36.8. The molecule has 0 aromatic rings. The molecule has 0 aromatic heterocycles. The number of rotatable bonds is 47. The molecule has 0 saturated heterocycles. The second kappa shape index (κ2) is 52.1. The van der Waals surface area contributed by atoms with Crippen LogP contribution in [0.1, 0.15) is 309 Å². The Hall–Kier alpha value is 1.11. The van der Waals surface area contributed by atoms with Crippen molar-refractivity contribution >= 4 is 5.97 Å². The van der Waals surface area contributed by atoms with Gasteiger partial charge < -0.3 is 9.90 Å².